The van der Waals surface area contributed by atoms with E-state index < -0.39 is 0 Å². The Balaban J connectivity index is 1.48. The highest BCUT2D eigenvalue weighted by Crippen LogP contribution is 2.19. The number of nitrogens with zero attached hydrogens (tertiary/aromatic N) is 2. The molecule has 0 unspecified atom stereocenters. The number of aryl methyl sites for hydroxylation is 3. The second-order valence-electron chi connectivity index (χ2n) is 6.71. The third kappa shape index (κ3) is 5.70. The highest BCUT2D eigenvalue weighted by Gasteiger charge is 2.07. The molecule has 0 aliphatic carbocycles. The van der Waals surface area contributed by atoms with Gasteiger partial charge in [-0.1, -0.05) is 34.1 Å². The van der Waals surface area contributed by atoms with E-state index in [1.165, 1.54) is 0 Å². The van der Waals surface area contributed by atoms with E-state index in [2.05, 4.69) is 32.4 Å². The van der Waals surface area contributed by atoms with Crippen molar-refractivity contribution in [3.8, 4) is 5.75 Å². The van der Waals surface area contributed by atoms with Crippen LogP contribution in [0.3, 0.4) is 0 Å². The van der Waals surface area contributed by atoms with Gasteiger partial charge >= 0.3 is 0 Å². The van der Waals surface area contributed by atoms with Crippen LogP contribution in [0.25, 0.3) is 0 Å². The number of halogens is 1. The third-order valence-electron chi connectivity index (χ3n) is 4.33. The molecule has 5 nitrogen and oxygen atoms in total. The smallest absolute Gasteiger partial charge is 0.251 e. The molecule has 146 valence electrons. The zero-order valence-electron chi connectivity index (χ0n) is 16.1. The van der Waals surface area contributed by atoms with Crippen LogP contribution in [0.4, 0.5) is 0 Å². The summed E-state index contributed by atoms with van der Waals surface area (Å²) in [5, 5.41) is 7.41. The van der Waals surface area contributed by atoms with Crippen LogP contribution in [0.2, 0.25) is 0 Å². The minimum atomic E-state index is -0.0716. The molecule has 1 heterocycles. The van der Waals surface area contributed by atoms with Crippen molar-refractivity contribution in [3.05, 3.63) is 81.6 Å². The summed E-state index contributed by atoms with van der Waals surface area (Å²) < 4.78 is 8.74. The molecular formula is C22H24BrN3O2. The van der Waals surface area contributed by atoms with Gasteiger partial charge in [-0.15, -0.1) is 0 Å². The molecule has 0 aliphatic rings. The summed E-state index contributed by atoms with van der Waals surface area (Å²) in [6.45, 7) is 5.84. The highest BCUT2D eigenvalue weighted by molar-refractivity contribution is 9.10. The monoisotopic (exact) mass is 441 g/mol. The molecule has 0 bridgehead atoms. The van der Waals surface area contributed by atoms with E-state index in [4.69, 9.17) is 4.74 Å². The number of carbonyl (C=O) groups is 1. The Bertz CT molecular complexity index is 952. The number of ether oxygens (including phenoxy) is 1. The number of benzene rings is 2. The summed E-state index contributed by atoms with van der Waals surface area (Å²) in [7, 11) is 0. The number of carbonyl (C=O) groups excluding carboxylic acids is 1. The Morgan fingerprint density at radius 2 is 1.96 bits per heavy atom. The van der Waals surface area contributed by atoms with E-state index in [9.17, 15) is 4.79 Å². The van der Waals surface area contributed by atoms with Crippen LogP contribution in [0.5, 0.6) is 5.75 Å². The predicted octanol–water partition coefficient (Wildman–Crippen LogP) is 4.66. The van der Waals surface area contributed by atoms with Gasteiger partial charge in [-0.3, -0.25) is 9.48 Å². The second kappa shape index (κ2) is 9.55. The van der Waals surface area contributed by atoms with Gasteiger partial charge in [-0.05, 0) is 62.2 Å². The number of rotatable bonds is 8. The first-order valence-electron chi connectivity index (χ1n) is 9.28. The molecule has 28 heavy (non-hydrogen) atoms. The normalized spacial score (nSPS) is 10.7. The summed E-state index contributed by atoms with van der Waals surface area (Å²) in [5.74, 6) is 0.714. The van der Waals surface area contributed by atoms with Crippen molar-refractivity contribution < 1.29 is 9.53 Å². The van der Waals surface area contributed by atoms with Gasteiger partial charge in [-0.2, -0.15) is 5.10 Å². The first kappa shape index (κ1) is 20.1. The van der Waals surface area contributed by atoms with E-state index >= 15 is 0 Å². The molecular weight excluding hydrogens is 418 g/mol. The zero-order chi connectivity index (χ0) is 19.9. The number of amides is 1. The molecule has 3 aromatic rings. The van der Waals surface area contributed by atoms with Crippen molar-refractivity contribution in [1.29, 1.82) is 0 Å². The number of aromatic nitrogens is 2. The molecule has 0 aliphatic heterocycles. The van der Waals surface area contributed by atoms with Crippen LogP contribution in [-0.2, 0) is 13.2 Å². The fraction of sp³-hybridized carbons (Fsp3) is 0.273. The molecule has 1 aromatic heterocycles. The van der Waals surface area contributed by atoms with E-state index in [1.807, 2.05) is 67.1 Å². The second-order valence-corrected chi connectivity index (χ2v) is 7.62. The predicted molar refractivity (Wildman–Crippen MR) is 114 cm³/mol. The maximum Gasteiger partial charge on any atom is 0.251 e. The van der Waals surface area contributed by atoms with Gasteiger partial charge in [0.2, 0.25) is 0 Å². The maximum atomic E-state index is 12.4. The van der Waals surface area contributed by atoms with Gasteiger partial charge < -0.3 is 10.1 Å². The molecule has 0 saturated carbocycles. The van der Waals surface area contributed by atoms with Gasteiger partial charge in [0.05, 0.1) is 5.69 Å². The van der Waals surface area contributed by atoms with Gasteiger partial charge in [0, 0.05) is 28.8 Å². The summed E-state index contributed by atoms with van der Waals surface area (Å²) in [5.41, 5.74) is 3.75. The Labute approximate surface area is 173 Å². The van der Waals surface area contributed by atoms with E-state index in [0.29, 0.717) is 18.7 Å². The van der Waals surface area contributed by atoms with Crippen LogP contribution < -0.4 is 10.1 Å². The standard InChI is InChI=1S/C22H24BrN3O2/c1-16-12-17(2)26(25-16)11-5-10-24-22(27)19-7-3-6-18(13-19)15-28-21-9-4-8-20(23)14-21/h3-4,6-9,12-14H,5,10-11,15H2,1-2H3,(H,24,27). The summed E-state index contributed by atoms with van der Waals surface area (Å²) >= 11 is 3.43. The lowest BCUT2D eigenvalue weighted by Gasteiger charge is -2.09. The highest BCUT2D eigenvalue weighted by atomic mass is 79.9. The Hall–Kier alpha value is -2.60. The quantitative estimate of drug-likeness (QED) is 0.517. The Morgan fingerprint density at radius 1 is 1.14 bits per heavy atom. The van der Waals surface area contributed by atoms with Crippen molar-refractivity contribution in [2.75, 3.05) is 6.54 Å². The molecule has 0 fully saturated rings. The number of nitrogens with one attached hydrogen (secondary N) is 1. The van der Waals surface area contributed by atoms with E-state index in [1.54, 1.807) is 0 Å². The average molecular weight is 442 g/mol. The zero-order valence-corrected chi connectivity index (χ0v) is 17.7. The van der Waals surface area contributed by atoms with Crippen molar-refractivity contribution in [3.63, 3.8) is 0 Å². The third-order valence-corrected chi connectivity index (χ3v) is 4.82. The van der Waals surface area contributed by atoms with Gasteiger partial charge in [-0.25, -0.2) is 0 Å². The lowest BCUT2D eigenvalue weighted by atomic mass is 10.1. The Kier molecular flexibility index (Phi) is 6.87. The van der Waals surface area contributed by atoms with E-state index in [-0.39, 0.29) is 5.91 Å². The molecule has 6 heteroatoms. The SMILES string of the molecule is Cc1cc(C)n(CCCNC(=O)c2cccc(COc3cccc(Br)c3)c2)n1. The molecule has 0 spiro atoms. The van der Waals surface area contributed by atoms with Gasteiger partial charge in [0.1, 0.15) is 12.4 Å². The summed E-state index contributed by atoms with van der Waals surface area (Å²) in [4.78, 5) is 12.4. The largest absolute Gasteiger partial charge is 0.489 e. The van der Waals surface area contributed by atoms with Crippen LogP contribution in [0, 0.1) is 13.8 Å². The summed E-state index contributed by atoms with van der Waals surface area (Å²) in [6.07, 6.45) is 0.833. The molecule has 0 radical (unpaired) electrons. The molecule has 1 N–H and O–H groups in total. The fourth-order valence-electron chi connectivity index (χ4n) is 2.96. The minimum Gasteiger partial charge on any atom is -0.489 e. The van der Waals surface area contributed by atoms with Crippen molar-refractivity contribution in [2.45, 2.75) is 33.4 Å². The van der Waals surface area contributed by atoms with Crippen LogP contribution >= 0.6 is 15.9 Å². The molecule has 2 aromatic carbocycles. The van der Waals surface area contributed by atoms with Crippen molar-refractivity contribution in [2.24, 2.45) is 0 Å². The van der Waals surface area contributed by atoms with Gasteiger partial charge in [0.15, 0.2) is 0 Å². The fourth-order valence-corrected chi connectivity index (χ4v) is 3.34. The first-order valence-corrected chi connectivity index (χ1v) is 10.1. The average Bonchev–Trinajstić information content (AvgIpc) is 3.01. The van der Waals surface area contributed by atoms with Crippen LogP contribution in [-0.4, -0.2) is 22.2 Å². The minimum absolute atomic E-state index is 0.0716. The Morgan fingerprint density at radius 3 is 2.71 bits per heavy atom. The van der Waals surface area contributed by atoms with Crippen molar-refractivity contribution >= 4 is 21.8 Å². The molecule has 3 rings (SSSR count). The molecule has 0 atom stereocenters. The van der Waals surface area contributed by atoms with E-state index in [0.717, 1.165) is 40.1 Å². The van der Waals surface area contributed by atoms with Crippen LogP contribution in [0.15, 0.2) is 59.1 Å². The molecule has 1 amide bonds. The van der Waals surface area contributed by atoms with Crippen LogP contribution in [0.1, 0.15) is 33.7 Å². The number of hydrogen-bond acceptors (Lipinski definition) is 3. The number of hydrogen-bond donors (Lipinski definition) is 1. The van der Waals surface area contributed by atoms with Crippen molar-refractivity contribution in [1.82, 2.24) is 15.1 Å². The lowest BCUT2D eigenvalue weighted by Crippen LogP contribution is -2.25. The molecule has 0 saturated heterocycles. The van der Waals surface area contributed by atoms with Gasteiger partial charge in [0.25, 0.3) is 5.91 Å². The lowest BCUT2D eigenvalue weighted by molar-refractivity contribution is 0.0952. The summed E-state index contributed by atoms with van der Waals surface area (Å²) in [6, 6.07) is 17.3. The first-order chi connectivity index (χ1) is 13.5. The topological polar surface area (TPSA) is 56.2 Å². The maximum absolute atomic E-state index is 12.4.